The Hall–Kier alpha value is -2.74. The summed E-state index contributed by atoms with van der Waals surface area (Å²) in [5, 5.41) is 12.7. The van der Waals surface area contributed by atoms with Gasteiger partial charge in [0.1, 0.15) is 4.88 Å². The van der Waals surface area contributed by atoms with Gasteiger partial charge in [0, 0.05) is 15.1 Å². The molecule has 29 heavy (non-hydrogen) atoms. The monoisotopic (exact) mass is 444 g/mol. The highest BCUT2D eigenvalue weighted by Gasteiger charge is 2.23. The number of H-pyrrole nitrogens is 1. The molecule has 0 radical (unpaired) electrons. The number of azo groups is 1. The third kappa shape index (κ3) is 3.53. The van der Waals surface area contributed by atoms with Gasteiger partial charge < -0.3 is 0 Å². The van der Waals surface area contributed by atoms with Crippen LogP contribution >= 0.6 is 34.5 Å². The van der Waals surface area contributed by atoms with E-state index < -0.39 is 11.5 Å². The molecule has 0 spiro atoms. The highest BCUT2D eigenvalue weighted by atomic mass is 35.5. The second-order valence-electron chi connectivity index (χ2n) is 6.40. The Kier molecular flexibility index (Phi) is 5.12. The largest absolute Gasteiger partial charge is 0.302 e. The van der Waals surface area contributed by atoms with Crippen LogP contribution in [0.4, 0.5) is 11.4 Å². The molecule has 0 bridgehead atoms. The first kappa shape index (κ1) is 19.6. The van der Waals surface area contributed by atoms with Gasteiger partial charge in [-0.3, -0.25) is 14.7 Å². The Balaban J connectivity index is 1.73. The van der Waals surface area contributed by atoms with E-state index in [4.69, 9.17) is 23.2 Å². The summed E-state index contributed by atoms with van der Waals surface area (Å²) in [6.45, 7) is 3.50. The summed E-state index contributed by atoms with van der Waals surface area (Å²) in [7, 11) is 0. The van der Waals surface area contributed by atoms with Gasteiger partial charge in [0.05, 0.1) is 16.4 Å². The van der Waals surface area contributed by atoms with Crippen molar-refractivity contribution in [2.24, 2.45) is 10.2 Å². The Morgan fingerprint density at radius 2 is 1.86 bits per heavy atom. The minimum absolute atomic E-state index is 0.0601. The number of fused-ring (bicyclic) bond motifs is 1. The lowest BCUT2D eigenvalue weighted by atomic mass is 10.2. The average Bonchev–Trinajstić information content (AvgIpc) is 3.18. The number of nitrogens with one attached hydrogen (secondary N) is 1. The van der Waals surface area contributed by atoms with Crippen molar-refractivity contribution >= 4 is 61.9 Å². The lowest BCUT2D eigenvalue weighted by Gasteiger charge is -1.98. The average molecular weight is 445 g/mol. The molecule has 1 N–H and O–H groups in total. The molecule has 0 amide bonds. The maximum Gasteiger partial charge on any atom is 0.302 e. The molecule has 0 fully saturated rings. The van der Waals surface area contributed by atoms with E-state index in [1.807, 2.05) is 31.2 Å². The third-order valence-corrected chi connectivity index (χ3v) is 6.29. The number of hydrogen-bond acceptors (Lipinski definition) is 5. The van der Waals surface area contributed by atoms with E-state index in [0.29, 0.717) is 21.4 Å². The molecular formula is C20H14Cl2N4O2S. The van der Waals surface area contributed by atoms with E-state index in [9.17, 15) is 9.59 Å². The molecule has 0 atom stereocenters. The zero-order chi connectivity index (χ0) is 20.7. The van der Waals surface area contributed by atoms with Crippen LogP contribution in [0.1, 0.15) is 20.9 Å². The van der Waals surface area contributed by atoms with Gasteiger partial charge in [-0.15, -0.1) is 16.5 Å². The van der Waals surface area contributed by atoms with Crippen LogP contribution < -0.4 is 5.56 Å². The first-order valence-corrected chi connectivity index (χ1v) is 10.2. The highest BCUT2D eigenvalue weighted by Crippen LogP contribution is 2.35. The lowest BCUT2D eigenvalue weighted by Crippen LogP contribution is -2.24. The van der Waals surface area contributed by atoms with Crippen LogP contribution in [0.2, 0.25) is 10.0 Å². The number of carbonyl (C=O) groups is 1. The Labute approximate surface area is 179 Å². The second kappa shape index (κ2) is 7.59. The zero-order valence-electron chi connectivity index (χ0n) is 15.4. The molecule has 4 aromatic rings. The van der Waals surface area contributed by atoms with Crippen molar-refractivity contribution < 1.29 is 4.79 Å². The molecule has 2 aromatic heterocycles. The standard InChI is InChI=1S/C20H14Cl2N4O2S/c1-10-9-12(21)7-8-14(10)23-24-17-11(2)25-26(19(17)27)20(28)18-16(22)13-5-3-4-6-15(13)29-18/h3-9,25H,1-2H3. The number of aromatic nitrogens is 2. The fraction of sp³-hybridized carbons (Fsp3) is 0.100. The van der Waals surface area contributed by atoms with Crippen molar-refractivity contribution in [1.29, 1.82) is 0 Å². The summed E-state index contributed by atoms with van der Waals surface area (Å²) >= 11 is 13.6. The van der Waals surface area contributed by atoms with Crippen LogP contribution in [-0.4, -0.2) is 15.7 Å². The van der Waals surface area contributed by atoms with Crippen LogP contribution in [0.3, 0.4) is 0 Å². The number of aromatic amines is 1. The van der Waals surface area contributed by atoms with E-state index in [-0.39, 0.29) is 10.6 Å². The topological polar surface area (TPSA) is 79.6 Å². The van der Waals surface area contributed by atoms with Gasteiger partial charge in [-0.25, -0.2) is 0 Å². The summed E-state index contributed by atoms with van der Waals surface area (Å²) in [6.07, 6.45) is 0. The van der Waals surface area contributed by atoms with Crippen LogP contribution in [0.15, 0.2) is 57.5 Å². The second-order valence-corrected chi connectivity index (χ2v) is 8.27. The summed E-state index contributed by atoms with van der Waals surface area (Å²) in [5.41, 5.74) is 1.31. The molecule has 0 saturated carbocycles. The van der Waals surface area contributed by atoms with Gasteiger partial charge >= 0.3 is 5.56 Å². The molecule has 6 nitrogen and oxygen atoms in total. The SMILES string of the molecule is Cc1cc(Cl)ccc1N=Nc1c(C)[nH]n(C(=O)c2sc3ccccc3c2Cl)c1=O. The van der Waals surface area contributed by atoms with Crippen molar-refractivity contribution in [3.8, 4) is 0 Å². The Bertz CT molecular complexity index is 1350. The first-order chi connectivity index (χ1) is 13.9. The zero-order valence-corrected chi connectivity index (χ0v) is 17.7. The van der Waals surface area contributed by atoms with Crippen molar-refractivity contribution in [1.82, 2.24) is 9.78 Å². The minimum atomic E-state index is -0.587. The number of carbonyl (C=O) groups excluding carboxylic acids is 1. The summed E-state index contributed by atoms with van der Waals surface area (Å²) in [6, 6.07) is 12.6. The summed E-state index contributed by atoms with van der Waals surface area (Å²) in [4.78, 5) is 26.0. The Morgan fingerprint density at radius 3 is 2.59 bits per heavy atom. The van der Waals surface area contributed by atoms with Crippen LogP contribution in [0, 0.1) is 13.8 Å². The molecule has 2 heterocycles. The van der Waals surface area contributed by atoms with E-state index >= 15 is 0 Å². The molecule has 0 aliphatic heterocycles. The quantitative estimate of drug-likeness (QED) is 0.370. The molecule has 9 heteroatoms. The van der Waals surface area contributed by atoms with Gasteiger partial charge in [0.15, 0.2) is 5.69 Å². The third-order valence-electron chi connectivity index (χ3n) is 4.39. The fourth-order valence-electron chi connectivity index (χ4n) is 2.89. The lowest BCUT2D eigenvalue weighted by molar-refractivity contribution is 0.0945. The molecule has 0 aliphatic carbocycles. The molecule has 0 aliphatic rings. The number of nitrogens with zero attached hydrogens (tertiary/aromatic N) is 3. The molecule has 0 unspecified atom stereocenters. The number of hydrogen-bond donors (Lipinski definition) is 1. The molecule has 2 aromatic carbocycles. The van der Waals surface area contributed by atoms with Gasteiger partial charge in [-0.2, -0.15) is 9.80 Å². The molecule has 4 rings (SSSR count). The predicted molar refractivity (Wildman–Crippen MR) is 117 cm³/mol. The summed E-state index contributed by atoms with van der Waals surface area (Å²) < 4.78 is 1.78. The van der Waals surface area contributed by atoms with Gasteiger partial charge in [0.2, 0.25) is 0 Å². The molecule has 0 saturated heterocycles. The van der Waals surface area contributed by atoms with Crippen LogP contribution in [0.5, 0.6) is 0 Å². The van der Waals surface area contributed by atoms with Gasteiger partial charge in [0.25, 0.3) is 5.91 Å². The number of rotatable bonds is 3. The summed E-state index contributed by atoms with van der Waals surface area (Å²) in [5.74, 6) is -0.534. The minimum Gasteiger partial charge on any atom is -0.290 e. The molecular weight excluding hydrogens is 431 g/mol. The van der Waals surface area contributed by atoms with Crippen LogP contribution in [0.25, 0.3) is 10.1 Å². The smallest absolute Gasteiger partial charge is 0.290 e. The first-order valence-electron chi connectivity index (χ1n) is 8.58. The number of benzene rings is 2. The maximum atomic E-state index is 13.0. The molecule has 146 valence electrons. The van der Waals surface area contributed by atoms with E-state index in [1.54, 1.807) is 25.1 Å². The number of aryl methyl sites for hydroxylation is 2. The normalized spacial score (nSPS) is 11.6. The highest BCUT2D eigenvalue weighted by molar-refractivity contribution is 7.21. The van der Waals surface area contributed by atoms with Gasteiger partial charge in [-0.1, -0.05) is 41.4 Å². The van der Waals surface area contributed by atoms with Crippen LogP contribution in [-0.2, 0) is 0 Å². The van der Waals surface area contributed by atoms with Crippen molar-refractivity contribution in [3.63, 3.8) is 0 Å². The fourth-order valence-corrected chi connectivity index (χ4v) is 4.56. The van der Waals surface area contributed by atoms with Crippen molar-refractivity contribution in [3.05, 3.63) is 79.0 Å². The number of halogens is 2. The van der Waals surface area contributed by atoms with E-state index in [1.165, 1.54) is 11.3 Å². The van der Waals surface area contributed by atoms with Crippen molar-refractivity contribution in [2.45, 2.75) is 13.8 Å². The predicted octanol–water partition coefficient (Wildman–Crippen LogP) is 6.42. The van der Waals surface area contributed by atoms with E-state index in [0.717, 1.165) is 20.3 Å². The van der Waals surface area contributed by atoms with Gasteiger partial charge in [-0.05, 0) is 43.7 Å². The van der Waals surface area contributed by atoms with Crippen molar-refractivity contribution in [2.75, 3.05) is 0 Å². The maximum absolute atomic E-state index is 13.0. The Morgan fingerprint density at radius 1 is 1.10 bits per heavy atom. The number of thiophene rings is 1. The van der Waals surface area contributed by atoms with E-state index in [2.05, 4.69) is 15.3 Å².